The van der Waals surface area contributed by atoms with Gasteiger partial charge in [-0.25, -0.2) is 0 Å². The molecule has 0 saturated carbocycles. The Morgan fingerprint density at radius 2 is 2.10 bits per heavy atom. The van der Waals surface area contributed by atoms with E-state index < -0.39 is 16.3 Å². The Balaban J connectivity index is 2.13. The van der Waals surface area contributed by atoms with Crippen molar-refractivity contribution >= 4 is 21.8 Å². The van der Waals surface area contributed by atoms with Gasteiger partial charge in [-0.1, -0.05) is 6.07 Å². The van der Waals surface area contributed by atoms with Gasteiger partial charge in [0, 0.05) is 20.6 Å². The lowest BCUT2D eigenvalue weighted by Gasteiger charge is -2.23. The molecular formula is C12H17N3O4S. The molecule has 110 valence electrons. The fourth-order valence-electron chi connectivity index (χ4n) is 1.67. The van der Waals surface area contributed by atoms with Crippen LogP contribution in [0.4, 0.5) is 5.69 Å². The fraction of sp³-hybridized carbons (Fsp3) is 0.417. The zero-order valence-corrected chi connectivity index (χ0v) is 12.3. The van der Waals surface area contributed by atoms with Crippen molar-refractivity contribution in [1.29, 1.82) is 0 Å². The third-order valence-corrected chi connectivity index (χ3v) is 4.38. The van der Waals surface area contributed by atoms with Gasteiger partial charge < -0.3 is 10.1 Å². The first-order chi connectivity index (χ1) is 9.29. The van der Waals surface area contributed by atoms with Gasteiger partial charge in [0.2, 0.25) is 0 Å². The van der Waals surface area contributed by atoms with E-state index >= 15 is 0 Å². The first-order valence-electron chi connectivity index (χ1n) is 6.07. The number of nitrogens with zero attached hydrogens (tertiary/aromatic N) is 1. The number of carbonyl (C=O) groups excluding carboxylic acids is 1. The van der Waals surface area contributed by atoms with E-state index in [1.54, 1.807) is 25.1 Å². The smallest absolute Gasteiger partial charge is 0.279 e. The quantitative estimate of drug-likeness (QED) is 0.837. The molecule has 1 aromatic rings. The van der Waals surface area contributed by atoms with E-state index in [1.165, 1.54) is 14.1 Å². The summed E-state index contributed by atoms with van der Waals surface area (Å²) in [5, 5.41) is 2.72. The van der Waals surface area contributed by atoms with Crippen molar-refractivity contribution in [3.05, 3.63) is 23.8 Å². The van der Waals surface area contributed by atoms with Crippen molar-refractivity contribution in [2.24, 2.45) is 0 Å². The summed E-state index contributed by atoms with van der Waals surface area (Å²) in [4.78, 5) is 11.5. The first-order valence-corrected chi connectivity index (χ1v) is 7.51. The maximum absolute atomic E-state index is 11.6. The number of amides is 1. The number of hydrogen-bond acceptors (Lipinski definition) is 4. The van der Waals surface area contributed by atoms with Crippen LogP contribution in [0, 0.1) is 0 Å². The second kappa shape index (κ2) is 5.39. The molecule has 1 aliphatic rings. The molecule has 1 atom stereocenters. The average molecular weight is 299 g/mol. The summed E-state index contributed by atoms with van der Waals surface area (Å²) in [6.07, 6.45) is -0.527. The van der Waals surface area contributed by atoms with Crippen LogP contribution in [0.3, 0.4) is 0 Å². The van der Waals surface area contributed by atoms with Crippen LogP contribution >= 0.6 is 0 Å². The van der Waals surface area contributed by atoms with Crippen LogP contribution in [0.15, 0.2) is 18.2 Å². The number of fused-ring (bicyclic) bond motifs is 1. The number of anilines is 1. The van der Waals surface area contributed by atoms with Crippen LogP contribution in [-0.4, -0.2) is 38.8 Å². The summed E-state index contributed by atoms with van der Waals surface area (Å²) in [5.41, 5.74) is 1.28. The molecule has 2 N–H and O–H groups in total. The molecule has 0 fully saturated rings. The topological polar surface area (TPSA) is 87.7 Å². The molecule has 0 radical (unpaired) electrons. The van der Waals surface area contributed by atoms with E-state index in [0.717, 1.165) is 9.87 Å². The lowest BCUT2D eigenvalue weighted by atomic mass is 10.1. The van der Waals surface area contributed by atoms with E-state index in [0.29, 0.717) is 11.4 Å². The standard InChI is InChI=1S/C12H17N3O4S/c1-8-12(16)14-10-6-9(4-5-11(10)19-8)7-13-20(17,18)15(2)3/h4-6,8,13H,7H2,1-3H3,(H,14,16). The Labute approximate surface area is 118 Å². The Hall–Kier alpha value is -1.64. The number of rotatable bonds is 4. The molecule has 1 heterocycles. The molecule has 0 aliphatic carbocycles. The largest absolute Gasteiger partial charge is 0.479 e. The molecule has 20 heavy (non-hydrogen) atoms. The van der Waals surface area contributed by atoms with E-state index in [4.69, 9.17) is 4.74 Å². The highest BCUT2D eigenvalue weighted by molar-refractivity contribution is 7.87. The second-order valence-corrected chi connectivity index (χ2v) is 6.66. The number of carbonyl (C=O) groups is 1. The number of ether oxygens (including phenoxy) is 1. The van der Waals surface area contributed by atoms with Crippen molar-refractivity contribution in [3.8, 4) is 5.75 Å². The van der Waals surface area contributed by atoms with Crippen molar-refractivity contribution < 1.29 is 17.9 Å². The fourth-order valence-corrected chi connectivity index (χ4v) is 2.28. The highest BCUT2D eigenvalue weighted by Crippen LogP contribution is 2.30. The van der Waals surface area contributed by atoms with Crippen LogP contribution in [0.1, 0.15) is 12.5 Å². The Morgan fingerprint density at radius 1 is 1.40 bits per heavy atom. The van der Waals surface area contributed by atoms with Crippen LogP contribution < -0.4 is 14.8 Å². The first kappa shape index (κ1) is 14.8. The van der Waals surface area contributed by atoms with Gasteiger partial charge in [0.25, 0.3) is 16.1 Å². The zero-order chi connectivity index (χ0) is 14.9. The maximum atomic E-state index is 11.6. The molecule has 1 unspecified atom stereocenters. The molecular weight excluding hydrogens is 282 g/mol. The van der Waals surface area contributed by atoms with E-state index in [-0.39, 0.29) is 12.5 Å². The minimum atomic E-state index is -3.47. The molecule has 0 saturated heterocycles. The summed E-state index contributed by atoms with van der Waals surface area (Å²) < 4.78 is 32.2. The molecule has 0 bridgehead atoms. The summed E-state index contributed by atoms with van der Waals surface area (Å²) in [6, 6.07) is 5.16. The monoisotopic (exact) mass is 299 g/mol. The minimum absolute atomic E-state index is 0.138. The summed E-state index contributed by atoms with van der Waals surface area (Å²) in [5.74, 6) is 0.361. The van der Waals surface area contributed by atoms with Gasteiger partial charge in [0.1, 0.15) is 5.75 Å². The van der Waals surface area contributed by atoms with Crippen molar-refractivity contribution in [1.82, 2.24) is 9.03 Å². The highest BCUT2D eigenvalue weighted by Gasteiger charge is 2.23. The summed E-state index contributed by atoms with van der Waals surface area (Å²) in [6.45, 7) is 1.80. The van der Waals surface area contributed by atoms with Gasteiger partial charge in [-0.15, -0.1) is 0 Å². The van der Waals surface area contributed by atoms with E-state index in [9.17, 15) is 13.2 Å². The third-order valence-electron chi connectivity index (χ3n) is 2.91. The van der Waals surface area contributed by atoms with E-state index in [2.05, 4.69) is 10.0 Å². The van der Waals surface area contributed by atoms with Crippen molar-refractivity contribution in [2.45, 2.75) is 19.6 Å². The third kappa shape index (κ3) is 3.09. The molecule has 1 amide bonds. The Kier molecular flexibility index (Phi) is 3.98. The van der Waals surface area contributed by atoms with Gasteiger partial charge in [-0.05, 0) is 24.6 Å². The molecule has 0 aromatic heterocycles. The number of benzene rings is 1. The average Bonchev–Trinajstić information content (AvgIpc) is 2.37. The van der Waals surface area contributed by atoms with Gasteiger partial charge >= 0.3 is 0 Å². The van der Waals surface area contributed by atoms with Crippen LogP contribution in [0.25, 0.3) is 0 Å². The van der Waals surface area contributed by atoms with Crippen LogP contribution in [0.5, 0.6) is 5.75 Å². The molecule has 1 aliphatic heterocycles. The van der Waals surface area contributed by atoms with Gasteiger partial charge in [0.15, 0.2) is 6.10 Å². The van der Waals surface area contributed by atoms with Gasteiger partial charge in [-0.2, -0.15) is 17.4 Å². The van der Waals surface area contributed by atoms with Crippen LogP contribution in [-0.2, 0) is 21.5 Å². The van der Waals surface area contributed by atoms with Crippen molar-refractivity contribution in [2.75, 3.05) is 19.4 Å². The maximum Gasteiger partial charge on any atom is 0.279 e. The molecule has 1 aromatic carbocycles. The predicted molar refractivity (Wildman–Crippen MR) is 74.6 cm³/mol. The highest BCUT2D eigenvalue weighted by atomic mass is 32.2. The molecule has 7 nitrogen and oxygen atoms in total. The van der Waals surface area contributed by atoms with Crippen molar-refractivity contribution in [3.63, 3.8) is 0 Å². The normalized spacial score (nSPS) is 18.4. The minimum Gasteiger partial charge on any atom is -0.479 e. The molecule has 0 spiro atoms. The zero-order valence-electron chi connectivity index (χ0n) is 11.5. The lowest BCUT2D eigenvalue weighted by Crippen LogP contribution is -2.35. The second-order valence-electron chi connectivity index (χ2n) is 4.69. The number of hydrogen-bond donors (Lipinski definition) is 2. The lowest BCUT2D eigenvalue weighted by molar-refractivity contribution is -0.122. The SMILES string of the molecule is CC1Oc2ccc(CNS(=O)(=O)N(C)C)cc2NC1=O. The number of nitrogens with one attached hydrogen (secondary N) is 2. The summed E-state index contributed by atoms with van der Waals surface area (Å²) >= 11 is 0. The Morgan fingerprint density at radius 3 is 2.75 bits per heavy atom. The Bertz CT molecular complexity index is 628. The molecule has 8 heteroatoms. The predicted octanol–water partition coefficient (Wildman–Crippen LogP) is 0.302. The van der Waals surface area contributed by atoms with E-state index in [1.807, 2.05) is 0 Å². The van der Waals surface area contributed by atoms with Gasteiger partial charge in [0.05, 0.1) is 5.69 Å². The molecule has 2 rings (SSSR count). The van der Waals surface area contributed by atoms with Gasteiger partial charge in [-0.3, -0.25) is 4.79 Å². The summed E-state index contributed by atoms with van der Waals surface area (Å²) in [7, 11) is -0.574. The van der Waals surface area contributed by atoms with Crippen LogP contribution in [0.2, 0.25) is 0 Å².